The van der Waals surface area contributed by atoms with Crippen LogP contribution in [0.2, 0.25) is 0 Å². The lowest BCUT2D eigenvalue weighted by molar-refractivity contribution is 0.170. The molecule has 3 aromatic carbocycles. The number of nitrogens with one attached hydrogen (secondary N) is 2. The fraction of sp³-hybridized carbons (Fsp3) is 0.208. The molecule has 2 amide bonds. The molecule has 0 bridgehead atoms. The normalized spacial score (nSPS) is 11.4. The molecule has 1 atom stereocenters. The van der Waals surface area contributed by atoms with Crippen molar-refractivity contribution in [3.05, 3.63) is 89.5 Å². The number of rotatable bonds is 8. The van der Waals surface area contributed by atoms with Gasteiger partial charge in [0, 0.05) is 17.8 Å². The number of aliphatic hydroxyl groups excluding tert-OH is 1. The van der Waals surface area contributed by atoms with Gasteiger partial charge in [-0.2, -0.15) is 0 Å². The van der Waals surface area contributed by atoms with E-state index in [1.54, 1.807) is 25.3 Å². The number of anilines is 1. The molecule has 0 aliphatic rings. The van der Waals surface area contributed by atoms with Gasteiger partial charge < -0.3 is 25.2 Å². The minimum atomic E-state index is -0.944. The number of hydrogen-bond acceptors (Lipinski definition) is 4. The van der Waals surface area contributed by atoms with Gasteiger partial charge in [0.05, 0.1) is 14.2 Å². The Hall–Kier alpha value is -3.51. The van der Waals surface area contributed by atoms with Gasteiger partial charge in [0.25, 0.3) is 0 Å². The van der Waals surface area contributed by atoms with E-state index < -0.39 is 12.1 Å². The molecule has 0 radical (unpaired) electrons. The zero-order valence-electron chi connectivity index (χ0n) is 17.1. The minimum absolute atomic E-state index is 0.0240. The highest BCUT2D eigenvalue weighted by molar-refractivity contribution is 5.90. The van der Waals surface area contributed by atoms with Crippen LogP contribution in [0.5, 0.6) is 11.5 Å². The number of carbonyl (C=O) groups excluding carboxylic acids is 1. The zero-order chi connectivity index (χ0) is 21.3. The van der Waals surface area contributed by atoms with E-state index in [9.17, 15) is 9.90 Å². The van der Waals surface area contributed by atoms with Gasteiger partial charge in [-0.1, -0.05) is 48.5 Å². The summed E-state index contributed by atoms with van der Waals surface area (Å²) in [5.41, 5.74) is 3.44. The van der Waals surface area contributed by atoms with Crippen LogP contribution in [0.1, 0.15) is 22.8 Å². The third kappa shape index (κ3) is 5.52. The van der Waals surface area contributed by atoms with Gasteiger partial charge in [0.15, 0.2) is 0 Å². The molecular weight excluding hydrogens is 380 g/mol. The lowest BCUT2D eigenvalue weighted by Crippen LogP contribution is -2.32. The molecule has 3 aromatic rings. The Labute approximate surface area is 176 Å². The Bertz CT molecular complexity index is 976. The van der Waals surface area contributed by atoms with Crippen molar-refractivity contribution < 1.29 is 19.4 Å². The Kier molecular flexibility index (Phi) is 7.29. The van der Waals surface area contributed by atoms with E-state index in [0.29, 0.717) is 23.5 Å². The van der Waals surface area contributed by atoms with Gasteiger partial charge in [-0.15, -0.1) is 0 Å². The summed E-state index contributed by atoms with van der Waals surface area (Å²) in [4.78, 5) is 12.4. The van der Waals surface area contributed by atoms with Gasteiger partial charge in [-0.25, -0.2) is 4.79 Å². The van der Waals surface area contributed by atoms with Crippen molar-refractivity contribution in [1.29, 1.82) is 0 Å². The van der Waals surface area contributed by atoms with E-state index >= 15 is 0 Å². The van der Waals surface area contributed by atoms with E-state index in [1.165, 1.54) is 7.11 Å². The Balaban J connectivity index is 1.63. The Morgan fingerprint density at radius 2 is 1.70 bits per heavy atom. The van der Waals surface area contributed by atoms with E-state index in [4.69, 9.17) is 9.47 Å². The number of para-hydroxylation sites is 1. The number of methoxy groups -OCH3 is 2. The molecule has 6 nitrogen and oxygen atoms in total. The molecule has 0 spiro atoms. The van der Waals surface area contributed by atoms with Crippen LogP contribution in [0.25, 0.3) is 0 Å². The van der Waals surface area contributed by atoms with Gasteiger partial charge >= 0.3 is 6.03 Å². The van der Waals surface area contributed by atoms with Crippen molar-refractivity contribution in [2.45, 2.75) is 12.5 Å². The molecule has 156 valence electrons. The summed E-state index contributed by atoms with van der Waals surface area (Å²) in [6.45, 7) is 0.0240. The van der Waals surface area contributed by atoms with Crippen LogP contribution in [0.15, 0.2) is 72.8 Å². The maximum atomic E-state index is 12.4. The molecule has 0 aliphatic carbocycles. The van der Waals surface area contributed by atoms with E-state index in [1.807, 2.05) is 42.5 Å². The van der Waals surface area contributed by atoms with Crippen LogP contribution in [0, 0.1) is 0 Å². The van der Waals surface area contributed by atoms with Crippen LogP contribution in [0.3, 0.4) is 0 Å². The van der Waals surface area contributed by atoms with Crippen molar-refractivity contribution >= 4 is 11.7 Å². The lowest BCUT2D eigenvalue weighted by Gasteiger charge is -2.17. The second-order valence-electron chi connectivity index (χ2n) is 6.78. The maximum absolute atomic E-state index is 12.4. The number of carbonyl (C=O) groups is 1. The van der Waals surface area contributed by atoms with Crippen molar-refractivity contribution in [2.24, 2.45) is 0 Å². The van der Waals surface area contributed by atoms with Crippen LogP contribution in [-0.2, 0) is 6.42 Å². The van der Waals surface area contributed by atoms with Crippen LogP contribution < -0.4 is 20.1 Å². The Morgan fingerprint density at radius 3 is 2.43 bits per heavy atom. The maximum Gasteiger partial charge on any atom is 0.319 e. The van der Waals surface area contributed by atoms with Crippen LogP contribution in [0.4, 0.5) is 10.5 Å². The highest BCUT2D eigenvalue weighted by atomic mass is 16.5. The third-order valence-electron chi connectivity index (χ3n) is 4.75. The van der Waals surface area contributed by atoms with Gasteiger partial charge in [-0.3, -0.25) is 0 Å². The quantitative estimate of drug-likeness (QED) is 0.525. The summed E-state index contributed by atoms with van der Waals surface area (Å²) in [5, 5.41) is 16.1. The predicted octanol–water partition coefficient (Wildman–Crippen LogP) is 4.15. The first-order valence-corrected chi connectivity index (χ1v) is 9.67. The highest BCUT2D eigenvalue weighted by Crippen LogP contribution is 2.29. The van der Waals surface area contributed by atoms with E-state index in [0.717, 1.165) is 16.8 Å². The number of aliphatic hydroxyl groups is 1. The summed E-state index contributed by atoms with van der Waals surface area (Å²) < 4.78 is 10.5. The molecule has 1 unspecified atom stereocenters. The zero-order valence-corrected chi connectivity index (χ0v) is 17.1. The number of urea groups is 1. The summed E-state index contributed by atoms with van der Waals surface area (Å²) in [5.74, 6) is 1.13. The first kappa shape index (κ1) is 21.2. The SMILES string of the molecule is COc1ccc(OC)c(C(O)CNC(=O)Nc2ccccc2Cc2ccccc2)c1. The Morgan fingerprint density at radius 1 is 0.967 bits per heavy atom. The first-order chi connectivity index (χ1) is 14.6. The minimum Gasteiger partial charge on any atom is -0.497 e. The fourth-order valence-corrected chi connectivity index (χ4v) is 3.18. The summed E-state index contributed by atoms with van der Waals surface area (Å²) in [6, 6.07) is 22.5. The molecule has 0 aromatic heterocycles. The van der Waals surface area contributed by atoms with Crippen molar-refractivity contribution in [1.82, 2.24) is 5.32 Å². The molecule has 3 rings (SSSR count). The number of amides is 2. The molecule has 0 saturated heterocycles. The molecule has 3 N–H and O–H groups in total. The highest BCUT2D eigenvalue weighted by Gasteiger charge is 2.16. The van der Waals surface area contributed by atoms with Gasteiger partial charge in [0.1, 0.15) is 17.6 Å². The van der Waals surface area contributed by atoms with Crippen molar-refractivity contribution in [2.75, 3.05) is 26.1 Å². The number of ether oxygens (including phenoxy) is 2. The van der Waals surface area contributed by atoms with Crippen LogP contribution in [-0.4, -0.2) is 31.9 Å². The standard InChI is InChI=1S/C24H26N2O4/c1-29-19-12-13-23(30-2)20(15-19)22(27)16-25-24(28)26-21-11-7-6-10-18(21)14-17-8-4-3-5-9-17/h3-13,15,22,27H,14,16H2,1-2H3,(H2,25,26,28). The molecule has 6 heteroatoms. The monoisotopic (exact) mass is 406 g/mol. The molecule has 0 aliphatic heterocycles. The number of hydrogen-bond donors (Lipinski definition) is 3. The van der Waals surface area contributed by atoms with Crippen LogP contribution >= 0.6 is 0 Å². The largest absolute Gasteiger partial charge is 0.497 e. The summed E-state index contributed by atoms with van der Waals surface area (Å²) in [6.07, 6.45) is -0.235. The predicted molar refractivity (Wildman–Crippen MR) is 117 cm³/mol. The fourth-order valence-electron chi connectivity index (χ4n) is 3.18. The smallest absolute Gasteiger partial charge is 0.319 e. The molecule has 0 saturated carbocycles. The second-order valence-corrected chi connectivity index (χ2v) is 6.78. The molecular formula is C24H26N2O4. The average molecular weight is 406 g/mol. The topological polar surface area (TPSA) is 79.8 Å². The molecule has 0 heterocycles. The first-order valence-electron chi connectivity index (χ1n) is 9.67. The van der Waals surface area contributed by atoms with Crippen molar-refractivity contribution in [3.63, 3.8) is 0 Å². The number of benzene rings is 3. The van der Waals surface area contributed by atoms with E-state index in [2.05, 4.69) is 22.8 Å². The van der Waals surface area contributed by atoms with Gasteiger partial charge in [-0.05, 0) is 41.8 Å². The third-order valence-corrected chi connectivity index (χ3v) is 4.75. The van der Waals surface area contributed by atoms with Gasteiger partial charge in [0.2, 0.25) is 0 Å². The molecule has 0 fully saturated rings. The lowest BCUT2D eigenvalue weighted by atomic mass is 10.0. The average Bonchev–Trinajstić information content (AvgIpc) is 2.79. The molecule has 30 heavy (non-hydrogen) atoms. The van der Waals surface area contributed by atoms with E-state index in [-0.39, 0.29) is 6.54 Å². The summed E-state index contributed by atoms with van der Waals surface area (Å²) in [7, 11) is 3.08. The second kappa shape index (κ2) is 10.3. The van der Waals surface area contributed by atoms with Crippen molar-refractivity contribution in [3.8, 4) is 11.5 Å². The summed E-state index contributed by atoms with van der Waals surface area (Å²) >= 11 is 0.